The molecule has 1 aliphatic rings. The molecule has 108 valence electrons. The fourth-order valence-corrected chi connectivity index (χ4v) is 3.06. The van der Waals surface area contributed by atoms with E-state index in [1.54, 1.807) is 6.07 Å². The molecular weight excluding hydrogens is 284 g/mol. The van der Waals surface area contributed by atoms with Crippen molar-refractivity contribution < 1.29 is 4.79 Å². The van der Waals surface area contributed by atoms with Crippen LogP contribution in [-0.4, -0.2) is 5.91 Å². The summed E-state index contributed by atoms with van der Waals surface area (Å²) < 4.78 is 0. The molecule has 0 saturated heterocycles. The summed E-state index contributed by atoms with van der Waals surface area (Å²) in [6.45, 7) is 2.06. The highest BCUT2D eigenvalue weighted by Gasteiger charge is 2.21. The lowest BCUT2D eigenvalue weighted by atomic mass is 9.96. The van der Waals surface area contributed by atoms with E-state index in [0.29, 0.717) is 11.4 Å². The van der Waals surface area contributed by atoms with Gasteiger partial charge in [0, 0.05) is 16.8 Å². The van der Waals surface area contributed by atoms with Crippen LogP contribution in [0.15, 0.2) is 36.4 Å². The van der Waals surface area contributed by atoms with E-state index in [-0.39, 0.29) is 11.9 Å². The summed E-state index contributed by atoms with van der Waals surface area (Å²) in [5, 5.41) is 3.40. The monoisotopic (exact) mass is 300 g/mol. The van der Waals surface area contributed by atoms with Crippen LogP contribution in [0.1, 0.15) is 28.3 Å². The molecule has 3 N–H and O–H groups in total. The average molecular weight is 301 g/mol. The Morgan fingerprint density at radius 1 is 1.33 bits per heavy atom. The molecule has 0 bridgehead atoms. The topological polar surface area (TPSA) is 55.1 Å². The molecule has 0 spiro atoms. The molecule has 1 heterocycles. The fraction of sp³-hybridized carbons (Fsp3) is 0.235. The Labute approximate surface area is 129 Å². The highest BCUT2D eigenvalue weighted by molar-refractivity contribution is 6.32. The van der Waals surface area contributed by atoms with Gasteiger partial charge < -0.3 is 11.1 Å². The molecule has 21 heavy (non-hydrogen) atoms. The van der Waals surface area contributed by atoms with E-state index in [1.165, 1.54) is 11.1 Å². The molecule has 0 aromatic heterocycles. The third-order valence-electron chi connectivity index (χ3n) is 3.79. The van der Waals surface area contributed by atoms with Crippen LogP contribution in [0.3, 0.4) is 0 Å². The maximum atomic E-state index is 11.4. The number of carbonyl (C=O) groups excluding carboxylic acids is 1. The molecule has 0 saturated carbocycles. The van der Waals surface area contributed by atoms with Crippen molar-refractivity contribution in [3.05, 3.63) is 63.7 Å². The predicted octanol–water partition coefficient (Wildman–Crippen LogP) is 3.39. The van der Waals surface area contributed by atoms with Crippen molar-refractivity contribution in [2.75, 3.05) is 5.32 Å². The minimum Gasteiger partial charge on any atom is -0.325 e. The van der Waals surface area contributed by atoms with Gasteiger partial charge in [-0.3, -0.25) is 4.79 Å². The molecule has 2 aromatic carbocycles. The number of anilines is 1. The van der Waals surface area contributed by atoms with Gasteiger partial charge in [0.25, 0.3) is 0 Å². The van der Waals surface area contributed by atoms with Gasteiger partial charge in [0.2, 0.25) is 5.91 Å². The first kappa shape index (κ1) is 14.1. The molecule has 4 heteroatoms. The molecule has 0 radical (unpaired) electrons. The normalized spacial score (nSPS) is 14.7. The van der Waals surface area contributed by atoms with Gasteiger partial charge in [0.05, 0.1) is 6.42 Å². The highest BCUT2D eigenvalue weighted by Crippen LogP contribution is 2.33. The summed E-state index contributed by atoms with van der Waals surface area (Å²) in [6, 6.07) is 11.9. The maximum Gasteiger partial charge on any atom is 0.228 e. The molecule has 3 nitrogen and oxygen atoms in total. The number of amides is 1. The van der Waals surface area contributed by atoms with Gasteiger partial charge >= 0.3 is 0 Å². The van der Waals surface area contributed by atoms with Crippen LogP contribution in [-0.2, 0) is 17.6 Å². The molecule has 1 amide bonds. The van der Waals surface area contributed by atoms with E-state index in [1.807, 2.05) is 12.1 Å². The number of hydrogen-bond donors (Lipinski definition) is 2. The quantitative estimate of drug-likeness (QED) is 0.913. The largest absolute Gasteiger partial charge is 0.325 e. The van der Waals surface area contributed by atoms with Crippen molar-refractivity contribution >= 4 is 23.2 Å². The third-order valence-corrected chi connectivity index (χ3v) is 4.11. The lowest BCUT2D eigenvalue weighted by Crippen LogP contribution is -2.14. The summed E-state index contributed by atoms with van der Waals surface area (Å²) >= 11 is 6.32. The van der Waals surface area contributed by atoms with Gasteiger partial charge in [-0.25, -0.2) is 0 Å². The molecule has 1 aliphatic heterocycles. The number of carbonyl (C=O) groups is 1. The molecule has 0 aliphatic carbocycles. The first-order chi connectivity index (χ1) is 10.0. The number of nitrogens with two attached hydrogens (primary N) is 1. The molecule has 1 atom stereocenters. The summed E-state index contributed by atoms with van der Waals surface area (Å²) in [5.41, 5.74) is 11.4. The number of aryl methyl sites for hydroxylation is 1. The number of rotatable bonds is 3. The first-order valence-corrected chi connectivity index (χ1v) is 7.34. The minimum absolute atomic E-state index is 0.00507. The lowest BCUT2D eigenvalue weighted by Gasteiger charge is -2.15. The van der Waals surface area contributed by atoms with Crippen LogP contribution in [0.5, 0.6) is 0 Å². The van der Waals surface area contributed by atoms with Crippen molar-refractivity contribution in [2.24, 2.45) is 5.73 Å². The Bertz CT molecular complexity index is 712. The molecule has 3 rings (SSSR count). The van der Waals surface area contributed by atoms with E-state index in [0.717, 1.165) is 23.2 Å². The number of hydrogen-bond acceptors (Lipinski definition) is 2. The van der Waals surface area contributed by atoms with Crippen molar-refractivity contribution in [1.29, 1.82) is 0 Å². The van der Waals surface area contributed by atoms with Crippen LogP contribution in [0, 0.1) is 6.92 Å². The highest BCUT2D eigenvalue weighted by atomic mass is 35.5. The third kappa shape index (κ3) is 2.94. The van der Waals surface area contributed by atoms with Crippen LogP contribution < -0.4 is 11.1 Å². The SMILES string of the molecule is Cc1cccc(CC(N)c2cc3c(cc2Cl)NC(=O)C3)c1. The Morgan fingerprint density at radius 2 is 2.14 bits per heavy atom. The average Bonchev–Trinajstić information content (AvgIpc) is 2.76. The van der Waals surface area contributed by atoms with Crippen LogP contribution >= 0.6 is 11.6 Å². The number of nitrogens with one attached hydrogen (secondary N) is 1. The Hall–Kier alpha value is -1.84. The standard InChI is InChI=1S/C17H17ClN2O/c1-10-3-2-4-11(5-10)6-15(19)13-7-12-8-17(21)20-16(12)9-14(13)18/h2-5,7,9,15H,6,8,19H2,1H3,(H,20,21). The summed E-state index contributed by atoms with van der Waals surface area (Å²) in [5.74, 6) is 0.00507. The second-order valence-corrected chi connectivity index (χ2v) is 5.96. The summed E-state index contributed by atoms with van der Waals surface area (Å²) in [6.07, 6.45) is 1.12. The van der Waals surface area contributed by atoms with E-state index in [9.17, 15) is 4.79 Å². The zero-order chi connectivity index (χ0) is 15.0. The Morgan fingerprint density at radius 3 is 2.90 bits per heavy atom. The van der Waals surface area contributed by atoms with Crippen molar-refractivity contribution in [1.82, 2.24) is 0 Å². The van der Waals surface area contributed by atoms with E-state index >= 15 is 0 Å². The van der Waals surface area contributed by atoms with Gasteiger partial charge in [-0.15, -0.1) is 0 Å². The summed E-state index contributed by atoms with van der Waals surface area (Å²) in [7, 11) is 0. The first-order valence-electron chi connectivity index (χ1n) is 6.96. The van der Waals surface area contributed by atoms with E-state index in [2.05, 4.69) is 30.4 Å². The second-order valence-electron chi connectivity index (χ2n) is 5.56. The second kappa shape index (κ2) is 5.51. The van der Waals surface area contributed by atoms with Crippen LogP contribution in [0.2, 0.25) is 5.02 Å². The van der Waals surface area contributed by atoms with Gasteiger partial charge in [-0.05, 0) is 36.1 Å². The molecule has 0 fully saturated rings. The van der Waals surface area contributed by atoms with Crippen LogP contribution in [0.25, 0.3) is 0 Å². The fourth-order valence-electron chi connectivity index (χ4n) is 2.75. The zero-order valence-electron chi connectivity index (χ0n) is 11.8. The molecular formula is C17H17ClN2O. The van der Waals surface area contributed by atoms with Crippen LogP contribution in [0.4, 0.5) is 5.69 Å². The maximum absolute atomic E-state index is 11.4. The number of benzene rings is 2. The van der Waals surface area contributed by atoms with Gasteiger partial charge in [0.15, 0.2) is 0 Å². The molecule has 1 unspecified atom stereocenters. The predicted molar refractivity (Wildman–Crippen MR) is 85.6 cm³/mol. The van der Waals surface area contributed by atoms with Gasteiger partial charge in [-0.1, -0.05) is 47.5 Å². The Balaban J connectivity index is 1.87. The lowest BCUT2D eigenvalue weighted by molar-refractivity contribution is -0.115. The van der Waals surface area contributed by atoms with Crippen molar-refractivity contribution in [3.8, 4) is 0 Å². The smallest absolute Gasteiger partial charge is 0.228 e. The Kier molecular flexibility index (Phi) is 3.70. The van der Waals surface area contributed by atoms with Gasteiger partial charge in [0.1, 0.15) is 0 Å². The number of halogens is 1. The van der Waals surface area contributed by atoms with Gasteiger partial charge in [-0.2, -0.15) is 0 Å². The van der Waals surface area contributed by atoms with Crippen molar-refractivity contribution in [2.45, 2.75) is 25.8 Å². The van der Waals surface area contributed by atoms with E-state index < -0.39 is 0 Å². The van der Waals surface area contributed by atoms with E-state index in [4.69, 9.17) is 17.3 Å². The molecule has 2 aromatic rings. The van der Waals surface area contributed by atoms with Crippen molar-refractivity contribution in [3.63, 3.8) is 0 Å². The number of fused-ring (bicyclic) bond motifs is 1. The minimum atomic E-state index is -0.180. The zero-order valence-corrected chi connectivity index (χ0v) is 12.6. The summed E-state index contributed by atoms with van der Waals surface area (Å²) in [4.78, 5) is 11.4.